The topological polar surface area (TPSA) is 15.6 Å². The lowest BCUT2D eigenvalue weighted by Gasteiger charge is -2.43. The van der Waals surface area contributed by atoms with Crippen molar-refractivity contribution >= 4 is 12.0 Å². The van der Waals surface area contributed by atoms with Crippen molar-refractivity contribution in [3.63, 3.8) is 0 Å². The number of rotatable bonds is 4. The van der Waals surface area contributed by atoms with Gasteiger partial charge < -0.3 is 4.90 Å². The van der Waals surface area contributed by atoms with Crippen molar-refractivity contribution in [2.24, 2.45) is 4.99 Å². The molecular formula is C24H32N2. The van der Waals surface area contributed by atoms with Crippen LogP contribution in [0.5, 0.6) is 0 Å². The van der Waals surface area contributed by atoms with Gasteiger partial charge in [-0.25, -0.2) is 4.99 Å². The molecule has 0 aromatic heterocycles. The molecule has 2 aromatic rings. The first kappa shape index (κ1) is 18.7. The Hall–Kier alpha value is -2.09. The van der Waals surface area contributed by atoms with Gasteiger partial charge in [-0.3, -0.25) is 0 Å². The highest BCUT2D eigenvalue weighted by Gasteiger charge is 2.38. The Morgan fingerprint density at radius 2 is 1.69 bits per heavy atom. The quantitative estimate of drug-likeness (QED) is 0.625. The second-order valence-corrected chi connectivity index (χ2v) is 7.97. The van der Waals surface area contributed by atoms with Crippen molar-refractivity contribution in [1.82, 2.24) is 4.90 Å². The summed E-state index contributed by atoms with van der Waals surface area (Å²) in [4.78, 5) is 7.04. The van der Waals surface area contributed by atoms with Gasteiger partial charge in [-0.1, -0.05) is 43.7 Å². The van der Waals surface area contributed by atoms with Gasteiger partial charge in [0, 0.05) is 12.6 Å². The van der Waals surface area contributed by atoms with Crippen LogP contribution in [-0.4, -0.2) is 18.3 Å². The van der Waals surface area contributed by atoms with Crippen LogP contribution in [0.3, 0.4) is 0 Å². The molecule has 26 heavy (non-hydrogen) atoms. The van der Waals surface area contributed by atoms with Crippen molar-refractivity contribution in [3.8, 4) is 0 Å². The molecule has 1 heterocycles. The molecule has 1 aliphatic heterocycles. The Kier molecular flexibility index (Phi) is 4.96. The van der Waals surface area contributed by atoms with Gasteiger partial charge in [-0.15, -0.1) is 0 Å². The van der Waals surface area contributed by atoms with Gasteiger partial charge in [0.25, 0.3) is 0 Å². The zero-order valence-electron chi connectivity index (χ0n) is 17.4. The SMILES string of the molecule is CCC(CC)c1ccc2c(c1)N=CN(C)C2(C)c1cc(C)cc(C)c1C. The predicted octanol–water partition coefficient (Wildman–Crippen LogP) is 6.38. The molecule has 1 atom stereocenters. The van der Waals surface area contributed by atoms with Crippen LogP contribution in [0.2, 0.25) is 0 Å². The van der Waals surface area contributed by atoms with E-state index < -0.39 is 0 Å². The Balaban J connectivity index is 2.21. The van der Waals surface area contributed by atoms with Gasteiger partial charge in [0.05, 0.1) is 17.6 Å². The van der Waals surface area contributed by atoms with Gasteiger partial charge >= 0.3 is 0 Å². The molecule has 0 fully saturated rings. The number of benzene rings is 2. The molecule has 0 amide bonds. The van der Waals surface area contributed by atoms with Crippen LogP contribution >= 0.6 is 0 Å². The van der Waals surface area contributed by atoms with Crippen LogP contribution in [0.4, 0.5) is 5.69 Å². The minimum Gasteiger partial charge on any atom is -0.352 e. The van der Waals surface area contributed by atoms with Gasteiger partial charge in [-0.05, 0) is 74.8 Å². The molecule has 2 aromatic carbocycles. The summed E-state index contributed by atoms with van der Waals surface area (Å²) < 4.78 is 0. The second-order valence-electron chi connectivity index (χ2n) is 7.97. The molecule has 0 radical (unpaired) electrons. The zero-order valence-corrected chi connectivity index (χ0v) is 17.4. The fourth-order valence-corrected chi connectivity index (χ4v) is 4.42. The summed E-state index contributed by atoms with van der Waals surface area (Å²) in [6.45, 7) is 13.5. The molecule has 1 unspecified atom stereocenters. The maximum atomic E-state index is 4.78. The third kappa shape index (κ3) is 2.86. The Labute approximate surface area is 159 Å². The first-order valence-corrected chi connectivity index (χ1v) is 9.82. The molecule has 0 saturated heterocycles. The van der Waals surface area contributed by atoms with Crippen LogP contribution in [0.15, 0.2) is 35.3 Å². The van der Waals surface area contributed by atoms with Crippen molar-refractivity contribution in [1.29, 1.82) is 0 Å². The molecule has 0 aliphatic carbocycles. The maximum absolute atomic E-state index is 4.78. The van der Waals surface area contributed by atoms with E-state index >= 15 is 0 Å². The molecule has 0 saturated carbocycles. The van der Waals surface area contributed by atoms with E-state index in [1.165, 1.54) is 46.2 Å². The number of fused-ring (bicyclic) bond motifs is 1. The van der Waals surface area contributed by atoms with E-state index in [0.717, 1.165) is 5.69 Å². The summed E-state index contributed by atoms with van der Waals surface area (Å²) >= 11 is 0. The first-order valence-electron chi connectivity index (χ1n) is 9.82. The molecular weight excluding hydrogens is 316 g/mol. The lowest BCUT2D eigenvalue weighted by atomic mass is 9.77. The Morgan fingerprint density at radius 1 is 1.00 bits per heavy atom. The summed E-state index contributed by atoms with van der Waals surface area (Å²) in [7, 11) is 2.14. The van der Waals surface area contributed by atoms with Gasteiger partial charge in [-0.2, -0.15) is 0 Å². The summed E-state index contributed by atoms with van der Waals surface area (Å²) in [5.74, 6) is 0.615. The lowest BCUT2D eigenvalue weighted by molar-refractivity contribution is 0.290. The minimum absolute atomic E-state index is 0.204. The molecule has 1 aliphatic rings. The standard InChI is InChI=1S/C24H32N2/c1-8-19(9-2)20-10-11-21-23(14-20)25-15-26(7)24(21,6)22-13-16(3)12-17(4)18(22)5/h10-15,19H,8-9H2,1-7H3. The number of nitrogens with zero attached hydrogens (tertiary/aromatic N) is 2. The largest absolute Gasteiger partial charge is 0.352 e. The smallest absolute Gasteiger partial charge is 0.0919 e. The third-order valence-electron chi connectivity index (χ3n) is 6.41. The highest BCUT2D eigenvalue weighted by molar-refractivity contribution is 5.73. The Bertz CT molecular complexity index is 846. The average molecular weight is 349 g/mol. The van der Waals surface area contributed by atoms with Gasteiger partial charge in [0.15, 0.2) is 0 Å². The minimum atomic E-state index is -0.204. The molecule has 3 rings (SSSR count). The lowest BCUT2D eigenvalue weighted by Crippen LogP contribution is -2.44. The predicted molar refractivity (Wildman–Crippen MR) is 113 cm³/mol. The molecule has 2 heteroatoms. The van der Waals surface area contributed by atoms with Crippen molar-refractivity contribution < 1.29 is 0 Å². The number of aliphatic imine (C=N–C) groups is 1. The van der Waals surface area contributed by atoms with Crippen molar-refractivity contribution in [3.05, 3.63) is 63.7 Å². The van der Waals surface area contributed by atoms with E-state index in [4.69, 9.17) is 4.99 Å². The Morgan fingerprint density at radius 3 is 2.35 bits per heavy atom. The van der Waals surface area contributed by atoms with Gasteiger partial charge in [0.2, 0.25) is 0 Å². The van der Waals surface area contributed by atoms with Crippen LogP contribution in [0, 0.1) is 20.8 Å². The van der Waals surface area contributed by atoms with Crippen molar-refractivity contribution in [2.75, 3.05) is 7.05 Å². The highest BCUT2D eigenvalue weighted by Crippen LogP contribution is 2.45. The number of aryl methyl sites for hydroxylation is 2. The third-order valence-corrected chi connectivity index (χ3v) is 6.41. The van der Waals surface area contributed by atoms with E-state index in [1.54, 1.807) is 0 Å². The highest BCUT2D eigenvalue weighted by atomic mass is 15.2. The average Bonchev–Trinajstić information content (AvgIpc) is 2.62. The van der Waals surface area contributed by atoms with E-state index in [1.807, 2.05) is 6.34 Å². The van der Waals surface area contributed by atoms with Crippen molar-refractivity contribution in [2.45, 2.75) is 65.8 Å². The summed E-state index contributed by atoms with van der Waals surface area (Å²) in [5, 5.41) is 0. The molecule has 0 N–H and O–H groups in total. The summed E-state index contributed by atoms with van der Waals surface area (Å²) in [6.07, 6.45) is 4.34. The van der Waals surface area contributed by atoms with E-state index in [9.17, 15) is 0 Å². The maximum Gasteiger partial charge on any atom is 0.0919 e. The van der Waals surface area contributed by atoms with E-state index in [-0.39, 0.29) is 5.54 Å². The van der Waals surface area contributed by atoms with Crippen LogP contribution in [-0.2, 0) is 5.54 Å². The normalized spacial score (nSPS) is 19.2. The van der Waals surface area contributed by atoms with Gasteiger partial charge in [0.1, 0.15) is 0 Å². The van der Waals surface area contributed by atoms with E-state index in [0.29, 0.717) is 5.92 Å². The van der Waals surface area contributed by atoms with Crippen LogP contribution in [0.1, 0.15) is 72.9 Å². The summed E-state index contributed by atoms with van der Waals surface area (Å²) in [6, 6.07) is 11.6. The monoisotopic (exact) mass is 348 g/mol. The number of hydrogen-bond donors (Lipinski definition) is 0. The fourth-order valence-electron chi connectivity index (χ4n) is 4.42. The fraction of sp³-hybridized carbons (Fsp3) is 0.458. The molecule has 138 valence electrons. The number of hydrogen-bond acceptors (Lipinski definition) is 2. The van der Waals surface area contributed by atoms with Crippen LogP contribution < -0.4 is 0 Å². The second kappa shape index (κ2) is 6.90. The summed E-state index contributed by atoms with van der Waals surface area (Å²) in [5.41, 5.74) is 9.04. The van der Waals surface area contributed by atoms with E-state index in [2.05, 4.69) is 83.8 Å². The molecule has 2 nitrogen and oxygen atoms in total. The first-order chi connectivity index (χ1) is 12.3. The van der Waals surface area contributed by atoms with Crippen LogP contribution in [0.25, 0.3) is 0 Å². The molecule has 0 spiro atoms. The molecule has 0 bridgehead atoms. The zero-order chi connectivity index (χ0) is 19.1.